The molecule has 4 aromatic rings. The third-order valence-electron chi connectivity index (χ3n) is 5.16. The van der Waals surface area contributed by atoms with E-state index >= 15 is 0 Å². The number of aromatic nitrogens is 6. The van der Waals surface area contributed by atoms with E-state index < -0.39 is 0 Å². The van der Waals surface area contributed by atoms with Gasteiger partial charge in [-0.25, -0.2) is 9.97 Å². The van der Waals surface area contributed by atoms with Gasteiger partial charge in [-0.05, 0) is 30.9 Å². The molecule has 5 rings (SSSR count). The van der Waals surface area contributed by atoms with E-state index in [1.54, 1.807) is 12.5 Å². The van der Waals surface area contributed by atoms with Crippen LogP contribution in [0.25, 0.3) is 22.5 Å². The van der Waals surface area contributed by atoms with Crippen molar-refractivity contribution in [3.05, 3.63) is 73.3 Å². The van der Waals surface area contributed by atoms with Gasteiger partial charge in [0.25, 0.3) is 0 Å². The molecule has 134 valence electrons. The van der Waals surface area contributed by atoms with E-state index in [1.165, 1.54) is 12.8 Å². The molecule has 1 saturated carbocycles. The van der Waals surface area contributed by atoms with Crippen molar-refractivity contribution >= 4 is 0 Å². The van der Waals surface area contributed by atoms with Gasteiger partial charge in [0.1, 0.15) is 12.2 Å². The van der Waals surface area contributed by atoms with Crippen LogP contribution in [0.2, 0.25) is 0 Å². The Hall–Kier alpha value is -3.28. The molecule has 1 unspecified atom stereocenters. The van der Waals surface area contributed by atoms with E-state index in [0.29, 0.717) is 5.92 Å². The molecule has 6 heteroatoms. The smallest absolute Gasteiger partial charge is 0.150 e. The van der Waals surface area contributed by atoms with Crippen LogP contribution in [0.1, 0.15) is 24.7 Å². The summed E-state index contributed by atoms with van der Waals surface area (Å²) in [6.45, 7) is 0. The third-order valence-corrected chi connectivity index (χ3v) is 5.16. The van der Waals surface area contributed by atoms with Gasteiger partial charge < -0.3 is 4.57 Å². The minimum Gasteiger partial charge on any atom is -0.319 e. The van der Waals surface area contributed by atoms with E-state index in [2.05, 4.69) is 37.8 Å². The highest BCUT2D eigenvalue weighted by Gasteiger charge is 2.38. The minimum absolute atomic E-state index is 0.123. The first-order valence-corrected chi connectivity index (χ1v) is 9.19. The van der Waals surface area contributed by atoms with E-state index in [9.17, 15) is 0 Å². The first-order valence-electron chi connectivity index (χ1n) is 9.19. The summed E-state index contributed by atoms with van der Waals surface area (Å²) < 4.78 is 4.14. The van der Waals surface area contributed by atoms with Crippen LogP contribution in [-0.2, 0) is 7.05 Å². The lowest BCUT2D eigenvalue weighted by Crippen LogP contribution is -2.18. The summed E-state index contributed by atoms with van der Waals surface area (Å²) in [6.07, 6.45) is 9.67. The maximum Gasteiger partial charge on any atom is 0.150 e. The van der Waals surface area contributed by atoms with Crippen LogP contribution >= 0.6 is 0 Å². The first-order chi connectivity index (χ1) is 13.3. The van der Waals surface area contributed by atoms with Gasteiger partial charge in [0.05, 0.1) is 23.8 Å². The van der Waals surface area contributed by atoms with E-state index in [1.807, 2.05) is 48.5 Å². The zero-order chi connectivity index (χ0) is 18.2. The molecule has 0 bridgehead atoms. The van der Waals surface area contributed by atoms with Crippen LogP contribution in [0.3, 0.4) is 0 Å². The molecular formula is C21H20N6. The Labute approximate surface area is 157 Å². The zero-order valence-corrected chi connectivity index (χ0v) is 15.1. The fourth-order valence-corrected chi connectivity index (χ4v) is 3.72. The fourth-order valence-electron chi connectivity index (χ4n) is 3.72. The molecule has 0 aliphatic heterocycles. The van der Waals surface area contributed by atoms with Crippen LogP contribution in [0, 0.1) is 5.92 Å². The summed E-state index contributed by atoms with van der Waals surface area (Å²) >= 11 is 0. The van der Waals surface area contributed by atoms with Crippen molar-refractivity contribution < 1.29 is 0 Å². The monoisotopic (exact) mass is 356 g/mol. The van der Waals surface area contributed by atoms with Crippen LogP contribution in [0.4, 0.5) is 0 Å². The minimum atomic E-state index is 0.123. The molecule has 1 aliphatic carbocycles. The highest BCUT2D eigenvalue weighted by Crippen LogP contribution is 2.45. The van der Waals surface area contributed by atoms with Gasteiger partial charge in [0.15, 0.2) is 0 Å². The largest absolute Gasteiger partial charge is 0.319 e. The van der Waals surface area contributed by atoms with Gasteiger partial charge in [0.2, 0.25) is 0 Å². The highest BCUT2D eigenvalue weighted by atomic mass is 15.3. The second-order valence-electron chi connectivity index (χ2n) is 6.98. The van der Waals surface area contributed by atoms with Gasteiger partial charge in [0, 0.05) is 30.6 Å². The molecular weight excluding hydrogens is 336 g/mol. The van der Waals surface area contributed by atoms with Crippen LogP contribution in [-0.4, -0.2) is 29.3 Å². The summed E-state index contributed by atoms with van der Waals surface area (Å²) in [5, 5.41) is 4.30. The van der Waals surface area contributed by atoms with Crippen LogP contribution in [0.15, 0.2) is 67.5 Å². The predicted molar refractivity (Wildman–Crippen MR) is 103 cm³/mol. The Morgan fingerprint density at radius 3 is 2.48 bits per heavy atom. The lowest BCUT2D eigenvalue weighted by Gasteiger charge is -2.20. The molecule has 1 fully saturated rings. The summed E-state index contributed by atoms with van der Waals surface area (Å²) in [6, 6.07) is 14.5. The average molecular weight is 356 g/mol. The summed E-state index contributed by atoms with van der Waals surface area (Å²) in [5.74, 6) is 1.53. The molecule has 0 radical (unpaired) electrons. The first kappa shape index (κ1) is 15.9. The molecule has 0 amide bonds. The van der Waals surface area contributed by atoms with Gasteiger partial charge in [-0.2, -0.15) is 5.10 Å². The molecule has 0 saturated heterocycles. The maximum atomic E-state index is 4.81. The lowest BCUT2D eigenvalue weighted by molar-refractivity contribution is 0.472. The van der Waals surface area contributed by atoms with Crippen molar-refractivity contribution in [2.45, 2.75) is 18.9 Å². The predicted octanol–water partition coefficient (Wildman–Crippen LogP) is 3.74. The van der Waals surface area contributed by atoms with E-state index in [4.69, 9.17) is 4.98 Å². The average Bonchev–Trinajstić information content (AvgIpc) is 3.32. The van der Waals surface area contributed by atoms with Crippen LogP contribution in [0.5, 0.6) is 0 Å². The summed E-state index contributed by atoms with van der Waals surface area (Å²) in [7, 11) is 1.95. The number of aryl methyl sites for hydroxylation is 1. The quantitative estimate of drug-likeness (QED) is 0.546. The molecule has 27 heavy (non-hydrogen) atoms. The van der Waals surface area contributed by atoms with Crippen molar-refractivity contribution in [1.29, 1.82) is 0 Å². The number of hydrogen-bond acceptors (Lipinski definition) is 4. The topological polar surface area (TPSA) is 61.4 Å². The van der Waals surface area contributed by atoms with Crippen molar-refractivity contribution in [1.82, 2.24) is 29.3 Å². The summed E-state index contributed by atoms with van der Waals surface area (Å²) in [5.41, 5.74) is 4.20. The molecule has 1 aliphatic rings. The fraction of sp³-hybridized carbons (Fsp3) is 0.238. The van der Waals surface area contributed by atoms with Crippen molar-refractivity contribution in [2.75, 3.05) is 0 Å². The Morgan fingerprint density at radius 1 is 1.00 bits per heavy atom. The zero-order valence-electron chi connectivity index (χ0n) is 15.1. The normalized spacial score (nSPS) is 15.0. The Bertz CT molecular complexity index is 1050. The van der Waals surface area contributed by atoms with Gasteiger partial charge in [-0.15, -0.1) is 0 Å². The highest BCUT2D eigenvalue weighted by molar-refractivity contribution is 5.78. The standard InChI is InChI=1S/C21H20N6/c1-26-21(23-13-25-26)20(16-9-10-16)27-14-24-18(15-6-3-2-4-7-15)19(27)17-8-5-11-22-12-17/h2-8,11-14,16,20H,9-10H2,1H3. The molecule has 3 aromatic heterocycles. The number of nitrogens with zero attached hydrogens (tertiary/aromatic N) is 6. The molecule has 6 nitrogen and oxygen atoms in total. The second-order valence-corrected chi connectivity index (χ2v) is 6.98. The van der Waals surface area contributed by atoms with Gasteiger partial charge >= 0.3 is 0 Å². The summed E-state index contributed by atoms with van der Waals surface area (Å²) in [4.78, 5) is 13.7. The number of pyridine rings is 1. The SMILES string of the molecule is Cn1ncnc1C(C1CC1)n1cnc(-c2ccccc2)c1-c1cccnc1. The molecule has 1 atom stereocenters. The number of rotatable bonds is 5. The Morgan fingerprint density at radius 2 is 1.81 bits per heavy atom. The third kappa shape index (κ3) is 2.83. The lowest BCUT2D eigenvalue weighted by atomic mass is 10.0. The molecule has 0 spiro atoms. The van der Waals surface area contributed by atoms with Crippen LogP contribution < -0.4 is 0 Å². The molecule has 3 heterocycles. The van der Waals surface area contributed by atoms with Crippen molar-refractivity contribution in [2.24, 2.45) is 13.0 Å². The Balaban J connectivity index is 1.73. The van der Waals surface area contributed by atoms with Crippen molar-refractivity contribution in [3.8, 4) is 22.5 Å². The maximum absolute atomic E-state index is 4.81. The number of hydrogen-bond donors (Lipinski definition) is 0. The number of benzene rings is 1. The second kappa shape index (κ2) is 6.46. The molecule has 0 N–H and O–H groups in total. The van der Waals surface area contributed by atoms with Gasteiger partial charge in [-0.3, -0.25) is 9.67 Å². The van der Waals surface area contributed by atoms with Gasteiger partial charge in [-0.1, -0.05) is 30.3 Å². The molecule has 1 aromatic carbocycles. The van der Waals surface area contributed by atoms with E-state index in [-0.39, 0.29) is 6.04 Å². The Kier molecular flexibility index (Phi) is 3.81. The van der Waals surface area contributed by atoms with Crippen molar-refractivity contribution in [3.63, 3.8) is 0 Å². The number of imidazole rings is 1. The van der Waals surface area contributed by atoms with E-state index in [0.717, 1.165) is 28.3 Å².